The molecule has 2 aromatic carbocycles. The van der Waals surface area contributed by atoms with Crippen LogP contribution in [0.25, 0.3) is 0 Å². The highest BCUT2D eigenvalue weighted by Gasteiger charge is 2.44. The molecule has 2 heteroatoms. The standard InChI is InChI=1S/C23H27NO/c1-18-16-23(14-8-3-9-15-23)24(17-20-12-6-7-13-21(18)20)22(25)19-10-4-2-5-11-19/h2,4-7,10-13,18H,3,8-9,14-17H2,1H3/t18-/m1/s1. The Kier molecular flexibility index (Phi) is 4.37. The monoisotopic (exact) mass is 333 g/mol. The molecule has 0 N–H and O–H groups in total. The topological polar surface area (TPSA) is 20.3 Å². The molecular formula is C23H27NO. The molecule has 1 aliphatic heterocycles. The van der Waals surface area contributed by atoms with E-state index in [0.717, 1.165) is 31.4 Å². The third kappa shape index (κ3) is 2.99. The summed E-state index contributed by atoms with van der Waals surface area (Å²) < 4.78 is 0. The lowest BCUT2D eigenvalue weighted by atomic mass is 9.74. The second-order valence-electron chi connectivity index (χ2n) is 7.85. The predicted molar refractivity (Wildman–Crippen MR) is 102 cm³/mol. The second-order valence-corrected chi connectivity index (χ2v) is 7.85. The van der Waals surface area contributed by atoms with Crippen LogP contribution in [0.15, 0.2) is 54.6 Å². The Morgan fingerprint density at radius 2 is 1.64 bits per heavy atom. The maximum Gasteiger partial charge on any atom is 0.254 e. The van der Waals surface area contributed by atoms with E-state index in [1.807, 2.05) is 30.3 Å². The minimum atomic E-state index is 0.0175. The molecule has 1 amide bonds. The van der Waals surface area contributed by atoms with Crippen molar-refractivity contribution in [2.45, 2.75) is 63.5 Å². The van der Waals surface area contributed by atoms with E-state index >= 15 is 0 Å². The van der Waals surface area contributed by atoms with Gasteiger partial charge in [0.2, 0.25) is 0 Å². The van der Waals surface area contributed by atoms with E-state index in [1.54, 1.807) is 0 Å². The fourth-order valence-corrected chi connectivity index (χ4v) is 4.99. The first-order chi connectivity index (χ1) is 12.2. The third-order valence-electron chi connectivity index (χ3n) is 6.22. The van der Waals surface area contributed by atoms with Gasteiger partial charge in [-0.1, -0.05) is 68.7 Å². The van der Waals surface area contributed by atoms with Crippen molar-refractivity contribution in [3.05, 3.63) is 71.3 Å². The van der Waals surface area contributed by atoms with Crippen molar-refractivity contribution in [2.75, 3.05) is 0 Å². The van der Waals surface area contributed by atoms with Gasteiger partial charge in [0.1, 0.15) is 0 Å². The first kappa shape index (κ1) is 16.4. The fourth-order valence-electron chi connectivity index (χ4n) is 4.99. The van der Waals surface area contributed by atoms with Crippen molar-refractivity contribution >= 4 is 5.91 Å². The predicted octanol–water partition coefficient (Wildman–Crippen LogP) is 5.54. The maximum absolute atomic E-state index is 13.5. The van der Waals surface area contributed by atoms with Gasteiger partial charge in [-0.2, -0.15) is 0 Å². The number of benzene rings is 2. The van der Waals surface area contributed by atoms with Gasteiger partial charge in [-0.25, -0.2) is 0 Å². The fraction of sp³-hybridized carbons (Fsp3) is 0.435. The zero-order valence-corrected chi connectivity index (χ0v) is 15.1. The van der Waals surface area contributed by atoms with Crippen molar-refractivity contribution in [1.82, 2.24) is 4.90 Å². The summed E-state index contributed by atoms with van der Waals surface area (Å²) in [5, 5.41) is 0. The van der Waals surface area contributed by atoms with Gasteiger partial charge in [0, 0.05) is 17.6 Å². The highest BCUT2D eigenvalue weighted by molar-refractivity contribution is 5.94. The van der Waals surface area contributed by atoms with Gasteiger partial charge in [0.05, 0.1) is 0 Å². The van der Waals surface area contributed by atoms with Crippen LogP contribution in [0.2, 0.25) is 0 Å². The molecule has 1 fully saturated rings. The number of hydrogen-bond donors (Lipinski definition) is 0. The zero-order valence-electron chi connectivity index (χ0n) is 15.1. The Labute approximate surface area is 150 Å². The first-order valence-corrected chi connectivity index (χ1v) is 9.64. The molecular weight excluding hydrogens is 306 g/mol. The summed E-state index contributed by atoms with van der Waals surface area (Å²) in [7, 11) is 0. The Balaban J connectivity index is 1.78. The van der Waals surface area contributed by atoms with E-state index in [9.17, 15) is 4.79 Å². The SMILES string of the molecule is C[C@@H]1CC2(CCCCC2)N(C(=O)c2ccccc2)Cc2ccccc21. The number of carbonyl (C=O) groups excluding carboxylic acids is 1. The lowest BCUT2D eigenvalue weighted by molar-refractivity contribution is 0.0262. The molecule has 2 nitrogen and oxygen atoms in total. The zero-order chi connectivity index (χ0) is 17.3. The van der Waals surface area contributed by atoms with Gasteiger partial charge in [-0.15, -0.1) is 0 Å². The largest absolute Gasteiger partial charge is 0.329 e. The average molecular weight is 333 g/mol. The van der Waals surface area contributed by atoms with Crippen molar-refractivity contribution in [3.8, 4) is 0 Å². The van der Waals surface area contributed by atoms with Gasteiger partial charge in [-0.05, 0) is 48.4 Å². The maximum atomic E-state index is 13.5. The van der Waals surface area contributed by atoms with Crippen LogP contribution in [0, 0.1) is 0 Å². The highest BCUT2D eigenvalue weighted by atomic mass is 16.2. The summed E-state index contributed by atoms with van der Waals surface area (Å²) in [6.45, 7) is 3.08. The summed E-state index contributed by atoms with van der Waals surface area (Å²) in [4.78, 5) is 15.7. The van der Waals surface area contributed by atoms with Crippen LogP contribution in [0.1, 0.15) is 72.9 Å². The lowest BCUT2D eigenvalue weighted by Gasteiger charge is -2.46. The molecule has 0 bridgehead atoms. The number of amides is 1. The van der Waals surface area contributed by atoms with Gasteiger partial charge in [0.15, 0.2) is 0 Å². The molecule has 1 spiro atoms. The summed E-state index contributed by atoms with van der Waals surface area (Å²) in [5.74, 6) is 0.703. The molecule has 0 unspecified atom stereocenters. The molecule has 1 atom stereocenters. The molecule has 4 rings (SSSR count). The molecule has 1 heterocycles. The quantitative estimate of drug-likeness (QED) is 0.671. The van der Waals surface area contributed by atoms with E-state index in [4.69, 9.17) is 0 Å². The van der Waals surface area contributed by atoms with E-state index < -0.39 is 0 Å². The van der Waals surface area contributed by atoms with Crippen LogP contribution < -0.4 is 0 Å². The second kappa shape index (κ2) is 6.67. The molecule has 2 aliphatic rings. The Hall–Kier alpha value is -2.09. The molecule has 0 saturated heterocycles. The molecule has 1 saturated carbocycles. The number of rotatable bonds is 1. The van der Waals surface area contributed by atoms with Gasteiger partial charge in [-0.3, -0.25) is 4.79 Å². The molecule has 25 heavy (non-hydrogen) atoms. The molecule has 1 aliphatic carbocycles. The van der Waals surface area contributed by atoms with Crippen molar-refractivity contribution in [2.24, 2.45) is 0 Å². The van der Waals surface area contributed by atoms with Crippen LogP contribution in [-0.4, -0.2) is 16.3 Å². The van der Waals surface area contributed by atoms with E-state index in [0.29, 0.717) is 5.92 Å². The minimum Gasteiger partial charge on any atom is -0.329 e. The van der Waals surface area contributed by atoms with Crippen molar-refractivity contribution in [1.29, 1.82) is 0 Å². The number of nitrogens with zero attached hydrogens (tertiary/aromatic N) is 1. The lowest BCUT2D eigenvalue weighted by Crippen LogP contribution is -2.52. The van der Waals surface area contributed by atoms with Gasteiger partial charge in [0.25, 0.3) is 5.91 Å². The van der Waals surface area contributed by atoms with Crippen LogP contribution in [-0.2, 0) is 6.54 Å². The molecule has 130 valence electrons. The van der Waals surface area contributed by atoms with E-state index in [2.05, 4.69) is 36.1 Å². The van der Waals surface area contributed by atoms with Crippen molar-refractivity contribution in [3.63, 3.8) is 0 Å². The average Bonchev–Trinajstić information content (AvgIpc) is 2.78. The van der Waals surface area contributed by atoms with Crippen LogP contribution in [0.5, 0.6) is 0 Å². The number of hydrogen-bond acceptors (Lipinski definition) is 1. The van der Waals surface area contributed by atoms with E-state index in [1.165, 1.54) is 30.4 Å². The third-order valence-corrected chi connectivity index (χ3v) is 6.22. The smallest absolute Gasteiger partial charge is 0.254 e. The summed E-state index contributed by atoms with van der Waals surface area (Å²) in [6.07, 6.45) is 7.15. The van der Waals surface area contributed by atoms with E-state index in [-0.39, 0.29) is 11.4 Å². The summed E-state index contributed by atoms with van der Waals surface area (Å²) >= 11 is 0. The highest BCUT2D eigenvalue weighted by Crippen LogP contribution is 2.45. The van der Waals surface area contributed by atoms with Crippen LogP contribution >= 0.6 is 0 Å². The van der Waals surface area contributed by atoms with Crippen LogP contribution in [0.4, 0.5) is 0 Å². The van der Waals surface area contributed by atoms with Gasteiger partial charge >= 0.3 is 0 Å². The number of fused-ring (bicyclic) bond motifs is 1. The number of carbonyl (C=O) groups is 1. The molecule has 2 aromatic rings. The Morgan fingerprint density at radius 3 is 2.40 bits per heavy atom. The van der Waals surface area contributed by atoms with Gasteiger partial charge < -0.3 is 4.90 Å². The Morgan fingerprint density at radius 1 is 0.960 bits per heavy atom. The molecule has 0 radical (unpaired) electrons. The van der Waals surface area contributed by atoms with Crippen molar-refractivity contribution < 1.29 is 4.79 Å². The minimum absolute atomic E-state index is 0.0175. The normalized spacial score (nSPS) is 22.3. The summed E-state index contributed by atoms with van der Waals surface area (Å²) in [5.41, 5.74) is 3.58. The van der Waals surface area contributed by atoms with Crippen LogP contribution in [0.3, 0.4) is 0 Å². The summed E-state index contributed by atoms with van der Waals surface area (Å²) in [6, 6.07) is 18.5. The molecule has 0 aromatic heterocycles. The first-order valence-electron chi connectivity index (χ1n) is 9.64. The Bertz CT molecular complexity index is 746.